The minimum atomic E-state index is -3.82. The second kappa shape index (κ2) is 9.18. The molecule has 0 bridgehead atoms. The average molecular weight is 386 g/mol. The normalized spacial score (nSPS) is 11.8. The molecule has 0 fully saturated rings. The largest absolute Gasteiger partial charge is 0.497 e. The molecule has 1 rings (SSSR count). The number of methoxy groups -OCH3 is 1. The van der Waals surface area contributed by atoms with Crippen LogP contribution in [0.3, 0.4) is 0 Å². The van der Waals surface area contributed by atoms with E-state index in [1.165, 1.54) is 7.11 Å². The molecule has 0 spiro atoms. The van der Waals surface area contributed by atoms with Gasteiger partial charge in [0.2, 0.25) is 0 Å². The van der Waals surface area contributed by atoms with Gasteiger partial charge in [0.1, 0.15) is 17.9 Å². The molecule has 9 nitrogen and oxygen atoms in total. The summed E-state index contributed by atoms with van der Waals surface area (Å²) in [6.45, 7) is 4.98. The van der Waals surface area contributed by atoms with Gasteiger partial charge in [0.15, 0.2) is 15.7 Å². The Bertz CT molecular complexity index is 793. The van der Waals surface area contributed by atoms with Crippen molar-refractivity contribution in [2.45, 2.75) is 32.1 Å². The number of oxime groups is 1. The number of hydrogen-bond acceptors (Lipinski definition) is 8. The first-order valence-electron chi connectivity index (χ1n) is 7.66. The molecule has 0 aliphatic carbocycles. The van der Waals surface area contributed by atoms with Crippen LogP contribution in [0.4, 0.5) is 0 Å². The summed E-state index contributed by atoms with van der Waals surface area (Å²) in [4.78, 5) is 27.1. The number of sulfone groups is 1. The Labute approximate surface area is 152 Å². The average Bonchev–Trinajstić information content (AvgIpc) is 2.51. The molecule has 0 saturated heterocycles. The quantitative estimate of drug-likeness (QED) is 0.174. The van der Waals surface area contributed by atoms with Crippen molar-refractivity contribution in [1.82, 2.24) is 0 Å². The van der Waals surface area contributed by atoms with E-state index in [-0.39, 0.29) is 11.5 Å². The summed E-state index contributed by atoms with van der Waals surface area (Å²) in [5.41, 5.74) is 6.53. The fourth-order valence-electron chi connectivity index (χ4n) is 2.28. The highest BCUT2D eigenvalue weighted by Crippen LogP contribution is 2.26. The van der Waals surface area contributed by atoms with E-state index in [1.54, 1.807) is 32.9 Å². The minimum absolute atomic E-state index is 0.106. The Balaban J connectivity index is 2.87. The van der Waals surface area contributed by atoms with Crippen LogP contribution in [0.1, 0.15) is 24.5 Å². The molecular formula is C16H22N2O7S. The molecule has 0 radical (unpaired) electrons. The lowest BCUT2D eigenvalue weighted by molar-refractivity contribution is -0.154. The first-order valence-corrected chi connectivity index (χ1v) is 9.31. The third kappa shape index (κ3) is 6.03. The molecule has 1 aromatic rings. The Kier molecular flexibility index (Phi) is 7.56. The first-order chi connectivity index (χ1) is 12.1. The zero-order chi connectivity index (χ0) is 19.9. The third-order valence-electron chi connectivity index (χ3n) is 3.18. The van der Waals surface area contributed by atoms with Crippen LogP contribution < -0.4 is 10.5 Å². The van der Waals surface area contributed by atoms with Crippen LogP contribution in [-0.4, -0.2) is 45.7 Å². The van der Waals surface area contributed by atoms with Crippen LogP contribution >= 0.6 is 0 Å². The minimum Gasteiger partial charge on any atom is -0.497 e. The second-order valence-electron chi connectivity index (χ2n) is 5.38. The lowest BCUT2D eigenvalue weighted by atomic mass is 10.1. The molecule has 1 aromatic carbocycles. The first kappa shape index (κ1) is 21.4. The van der Waals surface area contributed by atoms with Crippen LogP contribution in [0, 0.1) is 13.8 Å². The van der Waals surface area contributed by atoms with E-state index in [4.69, 9.17) is 10.5 Å². The van der Waals surface area contributed by atoms with Crippen LogP contribution in [0.25, 0.3) is 0 Å². The third-order valence-corrected chi connectivity index (χ3v) is 5.12. The number of amidine groups is 1. The maximum atomic E-state index is 12.6. The molecule has 0 unspecified atom stereocenters. The zero-order valence-corrected chi connectivity index (χ0v) is 15.9. The summed E-state index contributed by atoms with van der Waals surface area (Å²) in [6.07, 6.45) is -0.645. The molecule has 0 saturated carbocycles. The van der Waals surface area contributed by atoms with Crippen molar-refractivity contribution in [3.8, 4) is 5.75 Å². The van der Waals surface area contributed by atoms with Gasteiger partial charge in [-0.3, -0.25) is 4.79 Å². The molecule has 2 N–H and O–H groups in total. The van der Waals surface area contributed by atoms with E-state index in [0.29, 0.717) is 16.9 Å². The SMILES string of the molecule is CCOC(=O)CC(=O)O/N=C(\N)CS(=O)(=O)c1c(C)cc(OC)cc1C. The molecule has 0 heterocycles. The van der Waals surface area contributed by atoms with Gasteiger partial charge in [-0.15, -0.1) is 0 Å². The number of esters is 1. The molecule has 0 aromatic heterocycles. The smallest absolute Gasteiger partial charge is 0.346 e. The van der Waals surface area contributed by atoms with Crippen LogP contribution in [0.5, 0.6) is 5.75 Å². The van der Waals surface area contributed by atoms with E-state index in [0.717, 1.165) is 0 Å². The van der Waals surface area contributed by atoms with E-state index >= 15 is 0 Å². The van der Waals surface area contributed by atoms with Crippen molar-refractivity contribution in [3.05, 3.63) is 23.3 Å². The Morgan fingerprint density at radius 2 is 1.73 bits per heavy atom. The lowest BCUT2D eigenvalue weighted by Gasteiger charge is -2.12. The Hall–Kier alpha value is -2.62. The van der Waals surface area contributed by atoms with Gasteiger partial charge in [0.25, 0.3) is 0 Å². The molecule has 0 aliphatic rings. The number of carbonyl (C=O) groups excluding carboxylic acids is 2. The van der Waals surface area contributed by atoms with E-state index < -0.39 is 39.8 Å². The number of nitrogens with two attached hydrogens (primary N) is 1. The summed E-state index contributed by atoms with van der Waals surface area (Å²) in [5.74, 6) is -2.30. The van der Waals surface area contributed by atoms with Gasteiger partial charge in [0, 0.05) is 0 Å². The van der Waals surface area contributed by atoms with E-state index in [2.05, 4.69) is 14.7 Å². The highest BCUT2D eigenvalue weighted by atomic mass is 32.2. The van der Waals surface area contributed by atoms with Gasteiger partial charge in [-0.2, -0.15) is 0 Å². The number of aryl methyl sites for hydroxylation is 2. The van der Waals surface area contributed by atoms with Gasteiger partial charge in [-0.25, -0.2) is 13.2 Å². The summed E-state index contributed by atoms with van der Waals surface area (Å²) in [5, 5.41) is 3.27. The second-order valence-corrected chi connectivity index (χ2v) is 7.30. The summed E-state index contributed by atoms with van der Waals surface area (Å²) >= 11 is 0. The Morgan fingerprint density at radius 1 is 1.15 bits per heavy atom. The van der Waals surface area contributed by atoms with Crippen molar-refractivity contribution in [3.63, 3.8) is 0 Å². The van der Waals surface area contributed by atoms with E-state index in [9.17, 15) is 18.0 Å². The van der Waals surface area contributed by atoms with Gasteiger partial charge >= 0.3 is 11.9 Å². The number of nitrogens with zero attached hydrogens (tertiary/aromatic N) is 1. The number of ether oxygens (including phenoxy) is 2. The fraction of sp³-hybridized carbons (Fsp3) is 0.438. The maximum absolute atomic E-state index is 12.6. The maximum Gasteiger partial charge on any atom is 0.346 e. The molecule has 26 heavy (non-hydrogen) atoms. The standard InChI is InChI=1S/C16H22N2O7S/c1-5-24-14(19)8-15(20)25-18-13(17)9-26(21,22)16-10(2)6-12(23-4)7-11(16)3/h6-7H,5,8-9H2,1-4H3,(H2,17,18). The Morgan fingerprint density at radius 3 is 2.23 bits per heavy atom. The number of rotatable bonds is 8. The molecule has 0 atom stereocenters. The molecular weight excluding hydrogens is 364 g/mol. The van der Waals surface area contributed by atoms with Crippen LogP contribution in [-0.2, 0) is 29.0 Å². The highest BCUT2D eigenvalue weighted by molar-refractivity contribution is 7.92. The van der Waals surface area contributed by atoms with Crippen molar-refractivity contribution in [2.24, 2.45) is 10.9 Å². The summed E-state index contributed by atoms with van der Waals surface area (Å²) in [7, 11) is -2.34. The van der Waals surface area contributed by atoms with Crippen LogP contribution in [0.15, 0.2) is 22.2 Å². The topological polar surface area (TPSA) is 134 Å². The van der Waals surface area contributed by atoms with Gasteiger partial charge in [-0.05, 0) is 44.0 Å². The van der Waals surface area contributed by atoms with Gasteiger partial charge in [-0.1, -0.05) is 5.16 Å². The zero-order valence-electron chi connectivity index (χ0n) is 15.1. The summed E-state index contributed by atoms with van der Waals surface area (Å²) in [6, 6.07) is 3.18. The van der Waals surface area contributed by atoms with E-state index in [1.807, 2.05) is 0 Å². The fourth-order valence-corrected chi connectivity index (χ4v) is 3.97. The molecule has 0 aliphatic heterocycles. The van der Waals surface area contributed by atoms with Crippen molar-refractivity contribution in [2.75, 3.05) is 19.5 Å². The van der Waals surface area contributed by atoms with Gasteiger partial charge < -0.3 is 20.0 Å². The monoisotopic (exact) mass is 386 g/mol. The summed E-state index contributed by atoms with van der Waals surface area (Å²) < 4.78 is 34.8. The van der Waals surface area contributed by atoms with Crippen molar-refractivity contribution < 1.29 is 32.3 Å². The lowest BCUT2D eigenvalue weighted by Crippen LogP contribution is -2.26. The number of carbonyl (C=O) groups is 2. The van der Waals surface area contributed by atoms with Crippen LogP contribution in [0.2, 0.25) is 0 Å². The van der Waals surface area contributed by atoms with Gasteiger partial charge in [0.05, 0.1) is 18.6 Å². The number of hydrogen-bond donors (Lipinski definition) is 1. The predicted octanol–water partition coefficient (Wildman–Crippen LogP) is 0.854. The van der Waals surface area contributed by atoms with Crippen molar-refractivity contribution >= 4 is 27.6 Å². The number of benzene rings is 1. The molecule has 0 amide bonds. The predicted molar refractivity (Wildman–Crippen MR) is 93.5 cm³/mol. The molecule has 10 heteroatoms. The highest BCUT2D eigenvalue weighted by Gasteiger charge is 2.23. The molecule has 144 valence electrons. The van der Waals surface area contributed by atoms with Crippen molar-refractivity contribution in [1.29, 1.82) is 0 Å².